The van der Waals surface area contributed by atoms with Crippen molar-refractivity contribution in [1.82, 2.24) is 0 Å². The topological polar surface area (TPSA) is 9.23 Å². The molecule has 1 nitrogen and oxygen atoms in total. The fraction of sp³-hybridized carbons (Fsp3) is 0.364. The van der Waals surface area contributed by atoms with Crippen LogP contribution in [0.15, 0.2) is 70.9 Å². The van der Waals surface area contributed by atoms with Crippen LogP contribution >= 0.6 is 0 Å². The van der Waals surface area contributed by atoms with Gasteiger partial charge in [-0.25, -0.2) is 0 Å². The SMILES string of the molecule is C=CC(=COc1cccc(C)c1)C(C)(C)C.C[SiH](C)[Ti][C]1=CC=CC1. The van der Waals surface area contributed by atoms with Crippen LogP contribution < -0.4 is 4.74 Å². The number of rotatable bonds is 5. The van der Waals surface area contributed by atoms with Crippen molar-refractivity contribution < 1.29 is 23.1 Å². The first-order valence-corrected chi connectivity index (χ1v) is 15.3. The van der Waals surface area contributed by atoms with Gasteiger partial charge in [-0.2, -0.15) is 0 Å². The summed E-state index contributed by atoms with van der Waals surface area (Å²) in [5, 5.41) is 0. The first kappa shape index (κ1) is 22.0. The van der Waals surface area contributed by atoms with Crippen LogP contribution in [0.4, 0.5) is 0 Å². The number of hydrogen-bond acceptors (Lipinski definition) is 1. The van der Waals surface area contributed by atoms with E-state index in [1.165, 1.54) is 12.0 Å². The Morgan fingerprint density at radius 1 is 1.28 bits per heavy atom. The van der Waals surface area contributed by atoms with Crippen molar-refractivity contribution in [1.29, 1.82) is 0 Å². The van der Waals surface area contributed by atoms with Crippen molar-refractivity contribution in [3.63, 3.8) is 0 Å². The monoisotopic (exact) mass is 388 g/mol. The molecule has 134 valence electrons. The summed E-state index contributed by atoms with van der Waals surface area (Å²) in [5.41, 5.74) is 2.35. The Kier molecular flexibility index (Phi) is 9.49. The van der Waals surface area contributed by atoms with Crippen LogP contribution in [-0.4, -0.2) is 6.66 Å². The van der Waals surface area contributed by atoms with E-state index < -0.39 is 0 Å². The molecular formula is C22H32OSiTi. The average Bonchev–Trinajstić information content (AvgIpc) is 2.99. The summed E-state index contributed by atoms with van der Waals surface area (Å²) in [6.45, 7) is 17.0. The van der Waals surface area contributed by atoms with Gasteiger partial charge in [-0.05, 0) is 35.6 Å². The van der Waals surface area contributed by atoms with Crippen molar-refractivity contribution in [2.75, 3.05) is 0 Å². The molecule has 3 heteroatoms. The van der Waals surface area contributed by atoms with Crippen LogP contribution in [-0.2, 0) is 18.4 Å². The summed E-state index contributed by atoms with van der Waals surface area (Å²) < 4.78 is 7.41. The van der Waals surface area contributed by atoms with Gasteiger partial charge in [-0.3, -0.25) is 0 Å². The maximum absolute atomic E-state index is 5.63. The van der Waals surface area contributed by atoms with E-state index in [0.29, 0.717) is 18.4 Å². The molecule has 0 unspecified atom stereocenters. The molecule has 0 saturated heterocycles. The van der Waals surface area contributed by atoms with Gasteiger partial charge in [0.15, 0.2) is 0 Å². The molecule has 0 amide bonds. The van der Waals surface area contributed by atoms with Gasteiger partial charge >= 0.3 is 66.7 Å². The Labute approximate surface area is 164 Å². The van der Waals surface area contributed by atoms with Crippen LogP contribution in [0.5, 0.6) is 5.75 Å². The number of allylic oxidation sites excluding steroid dienone is 6. The first-order valence-electron chi connectivity index (χ1n) is 8.91. The van der Waals surface area contributed by atoms with E-state index in [4.69, 9.17) is 4.74 Å². The maximum atomic E-state index is 5.63. The predicted octanol–water partition coefficient (Wildman–Crippen LogP) is 6.39. The van der Waals surface area contributed by atoms with E-state index in [-0.39, 0.29) is 12.1 Å². The van der Waals surface area contributed by atoms with Gasteiger partial charge in [0.1, 0.15) is 5.75 Å². The summed E-state index contributed by atoms with van der Waals surface area (Å²) in [6.07, 6.45) is 11.7. The Morgan fingerprint density at radius 3 is 2.48 bits per heavy atom. The van der Waals surface area contributed by atoms with Gasteiger partial charge in [0.2, 0.25) is 0 Å². The summed E-state index contributed by atoms with van der Waals surface area (Å²) >= 11 is 0.375. The van der Waals surface area contributed by atoms with Crippen LogP contribution in [0, 0.1) is 12.3 Å². The zero-order chi connectivity index (χ0) is 18.9. The van der Waals surface area contributed by atoms with Crippen molar-refractivity contribution >= 4 is 6.66 Å². The molecule has 1 aromatic rings. The van der Waals surface area contributed by atoms with Gasteiger partial charge in [-0.15, -0.1) is 0 Å². The second kappa shape index (κ2) is 10.8. The van der Waals surface area contributed by atoms with Gasteiger partial charge in [-0.1, -0.05) is 45.6 Å². The molecule has 0 spiro atoms. The van der Waals surface area contributed by atoms with E-state index in [1.54, 1.807) is 10.1 Å². The third kappa shape index (κ3) is 9.25. The second-order valence-corrected chi connectivity index (χ2v) is 17.9. The summed E-state index contributed by atoms with van der Waals surface area (Å²) in [4.78, 5) is 0. The Hall–Kier alpha value is -1.09. The zero-order valence-electron chi connectivity index (χ0n) is 16.6. The number of ether oxygens (including phenoxy) is 1. The summed E-state index contributed by atoms with van der Waals surface area (Å²) in [5.74, 6) is 0.864. The van der Waals surface area contributed by atoms with E-state index >= 15 is 0 Å². The molecule has 0 saturated carbocycles. The standard InChI is InChI=1S/C15H20O.C5H5.C2H7Si.Ti/c1-6-13(15(3,4)5)11-16-14-9-7-8-12(2)10-14;1-2-4-5-3-1;1-3-2;/h6-11H,1H2,2-5H3;1-3H,4H2;3H,1-2H3;. The van der Waals surface area contributed by atoms with Crippen LogP contribution in [0.2, 0.25) is 13.1 Å². The van der Waals surface area contributed by atoms with Crippen molar-refractivity contribution in [3.05, 3.63) is 76.4 Å². The molecule has 0 heterocycles. The molecular weight excluding hydrogens is 356 g/mol. The van der Waals surface area contributed by atoms with Crippen LogP contribution in [0.25, 0.3) is 0 Å². The fourth-order valence-electron chi connectivity index (χ4n) is 2.28. The number of aryl methyl sites for hydroxylation is 1. The molecule has 25 heavy (non-hydrogen) atoms. The fourth-order valence-corrected chi connectivity index (χ4v) is 8.04. The first-order chi connectivity index (χ1) is 11.7. The Morgan fingerprint density at radius 2 is 2.00 bits per heavy atom. The third-order valence-electron chi connectivity index (χ3n) is 3.64. The molecule has 0 aliphatic heterocycles. The minimum absolute atomic E-state index is 0.0611. The third-order valence-corrected chi connectivity index (χ3v) is 9.61. The molecule has 0 fully saturated rings. The van der Waals surface area contributed by atoms with E-state index in [2.05, 4.69) is 71.7 Å². The molecule has 1 aliphatic carbocycles. The van der Waals surface area contributed by atoms with E-state index in [1.807, 2.05) is 24.3 Å². The molecule has 1 aromatic carbocycles. The average molecular weight is 388 g/mol. The molecule has 0 N–H and O–H groups in total. The summed E-state index contributed by atoms with van der Waals surface area (Å²) in [6, 6.07) is 8.00. The van der Waals surface area contributed by atoms with Crippen molar-refractivity contribution in [2.45, 2.75) is 47.2 Å². The van der Waals surface area contributed by atoms with Crippen LogP contribution in [0.3, 0.4) is 0 Å². The number of benzene rings is 1. The van der Waals surface area contributed by atoms with Crippen molar-refractivity contribution in [3.8, 4) is 5.75 Å². The molecule has 0 bridgehead atoms. The minimum atomic E-state index is -0.207. The Balaban J connectivity index is 0.000000293. The van der Waals surface area contributed by atoms with Gasteiger partial charge in [0, 0.05) is 0 Å². The van der Waals surface area contributed by atoms with Gasteiger partial charge < -0.3 is 4.74 Å². The predicted molar refractivity (Wildman–Crippen MR) is 110 cm³/mol. The molecule has 0 atom stereocenters. The normalized spacial score (nSPS) is 13.9. The quantitative estimate of drug-likeness (QED) is 0.323. The molecule has 2 rings (SSSR count). The molecule has 0 aromatic heterocycles. The van der Waals surface area contributed by atoms with E-state index in [9.17, 15) is 0 Å². The number of hydrogen-bond donors (Lipinski definition) is 0. The second-order valence-electron chi connectivity index (χ2n) is 7.58. The zero-order valence-corrected chi connectivity index (χ0v) is 19.3. The summed E-state index contributed by atoms with van der Waals surface area (Å²) in [7, 11) is 0. The molecule has 0 radical (unpaired) electrons. The van der Waals surface area contributed by atoms with Gasteiger partial charge in [0.05, 0.1) is 6.26 Å². The molecule has 1 aliphatic rings. The van der Waals surface area contributed by atoms with Gasteiger partial charge in [0.25, 0.3) is 0 Å². The van der Waals surface area contributed by atoms with Crippen LogP contribution in [0.1, 0.15) is 32.8 Å². The van der Waals surface area contributed by atoms with E-state index in [0.717, 1.165) is 11.3 Å². The van der Waals surface area contributed by atoms with Crippen molar-refractivity contribution in [2.24, 2.45) is 5.41 Å². The Bertz CT molecular complexity index is 648.